The van der Waals surface area contributed by atoms with Crippen molar-refractivity contribution in [2.75, 3.05) is 0 Å². The summed E-state index contributed by atoms with van der Waals surface area (Å²) < 4.78 is 0. The maximum Gasteiger partial charge on any atom is 0.252 e. The predicted molar refractivity (Wildman–Crippen MR) is 46.7 cm³/mol. The van der Waals surface area contributed by atoms with Gasteiger partial charge in [0.1, 0.15) is 0 Å². The van der Waals surface area contributed by atoms with E-state index in [0.717, 1.165) is 0 Å². The average molecular weight is 192 g/mol. The lowest BCUT2D eigenvalue weighted by Crippen LogP contribution is -1.85. The highest BCUT2D eigenvalue weighted by Gasteiger charge is 1.98. The zero-order chi connectivity index (χ0) is 7.56. The van der Waals surface area contributed by atoms with Crippen LogP contribution in [0.15, 0.2) is 24.3 Å². The van der Waals surface area contributed by atoms with Crippen LogP contribution < -0.4 is 6.15 Å². The van der Waals surface area contributed by atoms with Crippen molar-refractivity contribution in [2.24, 2.45) is 0 Å². The maximum atomic E-state index is 10.5. The minimum atomic E-state index is -0.461. The summed E-state index contributed by atoms with van der Waals surface area (Å²) in [5.41, 5.74) is 0.464. The van der Waals surface area contributed by atoms with Crippen LogP contribution in [0.5, 0.6) is 0 Å². The molecule has 0 bridgehead atoms. The second-order valence-electron chi connectivity index (χ2n) is 1.78. The van der Waals surface area contributed by atoms with Crippen molar-refractivity contribution in [2.45, 2.75) is 0 Å². The number of hydrogen-bond donors (Lipinski definition) is 1. The van der Waals surface area contributed by atoms with E-state index in [9.17, 15) is 4.79 Å². The summed E-state index contributed by atoms with van der Waals surface area (Å²) in [6.07, 6.45) is 0. The second kappa shape index (κ2) is 4.34. The molecule has 0 aliphatic heterocycles. The summed E-state index contributed by atoms with van der Waals surface area (Å²) in [7, 11) is 0. The third-order valence-corrected chi connectivity index (χ3v) is 1.54. The Labute approximate surface area is 74.7 Å². The number of rotatable bonds is 1. The molecule has 0 aliphatic carbocycles. The summed E-state index contributed by atoms with van der Waals surface area (Å²) in [6.45, 7) is 0. The minimum Gasteiger partial charge on any atom is -0.344 e. The van der Waals surface area contributed by atoms with E-state index in [4.69, 9.17) is 23.2 Å². The molecule has 2 nitrogen and oxygen atoms in total. The van der Waals surface area contributed by atoms with Gasteiger partial charge in [0, 0.05) is 10.6 Å². The Morgan fingerprint density at radius 1 is 1.18 bits per heavy atom. The molecule has 1 rings (SSSR count). The fourth-order valence-corrected chi connectivity index (χ4v) is 0.833. The molecule has 60 valence electrons. The van der Waals surface area contributed by atoms with E-state index in [1.54, 1.807) is 24.3 Å². The zero-order valence-corrected chi connectivity index (χ0v) is 7.19. The average Bonchev–Trinajstić information content (AvgIpc) is 1.88. The van der Waals surface area contributed by atoms with E-state index in [1.807, 2.05) is 0 Å². The highest BCUT2D eigenvalue weighted by atomic mass is 35.5. The van der Waals surface area contributed by atoms with Crippen LogP contribution in [0.1, 0.15) is 10.4 Å². The fourth-order valence-electron chi connectivity index (χ4n) is 0.581. The van der Waals surface area contributed by atoms with Gasteiger partial charge in [-0.3, -0.25) is 4.79 Å². The van der Waals surface area contributed by atoms with Gasteiger partial charge >= 0.3 is 0 Å². The van der Waals surface area contributed by atoms with Gasteiger partial charge < -0.3 is 6.15 Å². The zero-order valence-electron chi connectivity index (χ0n) is 5.68. The van der Waals surface area contributed by atoms with Gasteiger partial charge in [0.15, 0.2) is 0 Å². The number of benzene rings is 1. The van der Waals surface area contributed by atoms with E-state index in [0.29, 0.717) is 10.6 Å². The van der Waals surface area contributed by atoms with Crippen molar-refractivity contribution in [3.63, 3.8) is 0 Å². The number of carbonyl (C=O) groups excluding carboxylic acids is 1. The first-order valence-corrected chi connectivity index (χ1v) is 3.41. The van der Waals surface area contributed by atoms with Gasteiger partial charge in [-0.05, 0) is 35.9 Å². The summed E-state index contributed by atoms with van der Waals surface area (Å²) in [5.74, 6) is 0. The van der Waals surface area contributed by atoms with Gasteiger partial charge in [0.25, 0.3) is 5.24 Å². The van der Waals surface area contributed by atoms with Crippen molar-refractivity contribution in [1.29, 1.82) is 0 Å². The molecular weight excluding hydrogens is 185 g/mol. The Morgan fingerprint density at radius 3 is 2.00 bits per heavy atom. The lowest BCUT2D eigenvalue weighted by atomic mass is 10.2. The topological polar surface area (TPSA) is 52.1 Å². The first kappa shape index (κ1) is 10.4. The number of halogens is 2. The van der Waals surface area contributed by atoms with E-state index in [-0.39, 0.29) is 6.15 Å². The van der Waals surface area contributed by atoms with Crippen molar-refractivity contribution in [3.05, 3.63) is 34.9 Å². The Kier molecular flexibility index (Phi) is 4.11. The lowest BCUT2D eigenvalue weighted by Gasteiger charge is -1.91. The second-order valence-corrected chi connectivity index (χ2v) is 2.56. The molecule has 0 heterocycles. The smallest absolute Gasteiger partial charge is 0.252 e. The van der Waals surface area contributed by atoms with Crippen LogP contribution in [0, 0.1) is 0 Å². The minimum absolute atomic E-state index is 0. The largest absolute Gasteiger partial charge is 0.344 e. The Hall–Kier alpha value is -0.570. The van der Waals surface area contributed by atoms with Gasteiger partial charge in [-0.15, -0.1) is 0 Å². The van der Waals surface area contributed by atoms with Crippen LogP contribution in [-0.2, 0) is 0 Å². The van der Waals surface area contributed by atoms with Gasteiger partial charge in [-0.2, -0.15) is 0 Å². The fraction of sp³-hybridized carbons (Fsp3) is 0. The third kappa shape index (κ3) is 2.89. The molecule has 0 radical (unpaired) electrons. The van der Waals surface area contributed by atoms with Crippen LogP contribution in [0.4, 0.5) is 0 Å². The van der Waals surface area contributed by atoms with Gasteiger partial charge in [-0.1, -0.05) is 11.6 Å². The van der Waals surface area contributed by atoms with Crippen LogP contribution in [0.2, 0.25) is 5.02 Å². The molecule has 1 aromatic carbocycles. The first-order valence-electron chi connectivity index (χ1n) is 2.65. The van der Waals surface area contributed by atoms with Crippen molar-refractivity contribution in [1.82, 2.24) is 6.15 Å². The van der Waals surface area contributed by atoms with Crippen LogP contribution in [0.3, 0.4) is 0 Å². The summed E-state index contributed by atoms with van der Waals surface area (Å²) in [5, 5.41) is 0.137. The molecule has 0 amide bonds. The summed E-state index contributed by atoms with van der Waals surface area (Å²) in [6, 6.07) is 6.41. The highest BCUT2D eigenvalue weighted by molar-refractivity contribution is 6.67. The SMILES string of the molecule is N.O=C(Cl)c1ccc(Cl)cc1. The molecule has 0 unspecified atom stereocenters. The number of hydrogen-bond acceptors (Lipinski definition) is 2. The highest BCUT2D eigenvalue weighted by Crippen LogP contribution is 2.10. The van der Waals surface area contributed by atoms with Gasteiger partial charge in [0.2, 0.25) is 0 Å². The molecule has 0 aliphatic rings. The van der Waals surface area contributed by atoms with E-state index in [1.165, 1.54) is 0 Å². The molecule has 0 saturated heterocycles. The molecule has 0 fully saturated rings. The van der Waals surface area contributed by atoms with Crippen LogP contribution in [-0.4, -0.2) is 5.24 Å². The molecule has 3 N–H and O–H groups in total. The summed E-state index contributed by atoms with van der Waals surface area (Å²) >= 11 is 10.7. The quantitative estimate of drug-likeness (QED) is 0.695. The van der Waals surface area contributed by atoms with Crippen molar-refractivity contribution in [3.8, 4) is 0 Å². The Bertz CT molecular complexity index is 245. The molecule has 0 spiro atoms. The molecule has 0 saturated carbocycles. The van der Waals surface area contributed by atoms with Crippen molar-refractivity contribution >= 4 is 28.4 Å². The Morgan fingerprint density at radius 2 is 1.64 bits per heavy atom. The van der Waals surface area contributed by atoms with Gasteiger partial charge in [-0.25, -0.2) is 0 Å². The Balaban J connectivity index is 0.000001000. The maximum absolute atomic E-state index is 10.5. The van der Waals surface area contributed by atoms with Gasteiger partial charge in [0.05, 0.1) is 0 Å². The van der Waals surface area contributed by atoms with Crippen LogP contribution in [0.25, 0.3) is 0 Å². The van der Waals surface area contributed by atoms with E-state index in [2.05, 4.69) is 0 Å². The van der Waals surface area contributed by atoms with E-state index >= 15 is 0 Å². The lowest BCUT2D eigenvalue weighted by molar-refractivity contribution is 0.108. The standard InChI is InChI=1S/C7H4Cl2O.H3N/c8-6-3-1-5(2-4-6)7(9)10;/h1-4H;1H3. The molecule has 1 aromatic rings. The predicted octanol–water partition coefficient (Wildman–Crippen LogP) is 2.88. The number of carbonyl (C=O) groups is 1. The summed E-state index contributed by atoms with van der Waals surface area (Å²) in [4.78, 5) is 10.5. The van der Waals surface area contributed by atoms with E-state index < -0.39 is 5.24 Å². The molecule has 0 aromatic heterocycles. The first-order chi connectivity index (χ1) is 4.70. The van der Waals surface area contributed by atoms with Crippen molar-refractivity contribution < 1.29 is 4.79 Å². The molecule has 0 atom stereocenters. The van der Waals surface area contributed by atoms with Crippen LogP contribution >= 0.6 is 23.2 Å². The molecular formula is C7H7Cl2NO. The normalized spacial score (nSPS) is 8.55. The molecule has 4 heteroatoms. The third-order valence-electron chi connectivity index (χ3n) is 1.07. The molecule has 11 heavy (non-hydrogen) atoms. The monoisotopic (exact) mass is 191 g/mol.